The first-order valence-electron chi connectivity index (χ1n) is 7.78. The Morgan fingerprint density at radius 2 is 2.00 bits per heavy atom. The van der Waals surface area contributed by atoms with Gasteiger partial charge in [0.05, 0.1) is 17.8 Å². The number of nitrogens with zero attached hydrogens (tertiary/aromatic N) is 3. The fourth-order valence-electron chi connectivity index (χ4n) is 2.97. The van der Waals surface area contributed by atoms with Crippen LogP contribution in [0.5, 0.6) is 0 Å². The van der Waals surface area contributed by atoms with Gasteiger partial charge in [-0.05, 0) is 31.9 Å². The van der Waals surface area contributed by atoms with E-state index in [-0.39, 0.29) is 11.8 Å². The topological polar surface area (TPSA) is 89.2 Å². The second-order valence-electron chi connectivity index (χ2n) is 6.39. The Labute approximate surface area is 136 Å². The third-order valence-electron chi connectivity index (χ3n) is 4.13. The molecule has 1 heterocycles. The van der Waals surface area contributed by atoms with Gasteiger partial charge in [0.15, 0.2) is 0 Å². The Hall–Kier alpha value is -1.73. The van der Waals surface area contributed by atoms with E-state index in [1.807, 2.05) is 31.2 Å². The van der Waals surface area contributed by atoms with Crippen molar-refractivity contribution >= 4 is 26.6 Å². The van der Waals surface area contributed by atoms with Crippen LogP contribution in [0.4, 0.5) is 5.82 Å². The van der Waals surface area contributed by atoms with Gasteiger partial charge in [-0.1, -0.05) is 12.1 Å². The summed E-state index contributed by atoms with van der Waals surface area (Å²) in [5.41, 5.74) is 6.86. The number of hydrogen-bond acceptors (Lipinski definition) is 6. The number of hydrogen-bond donors (Lipinski definition) is 1. The molecule has 0 saturated heterocycles. The van der Waals surface area contributed by atoms with Gasteiger partial charge in [-0.25, -0.2) is 18.4 Å². The first-order valence-corrected chi connectivity index (χ1v) is 9.84. The van der Waals surface area contributed by atoms with E-state index < -0.39 is 9.84 Å². The van der Waals surface area contributed by atoms with Gasteiger partial charge in [-0.3, -0.25) is 4.90 Å². The van der Waals surface area contributed by atoms with Crippen molar-refractivity contribution in [2.45, 2.75) is 38.4 Å². The third kappa shape index (κ3) is 3.97. The van der Waals surface area contributed by atoms with Crippen LogP contribution in [-0.2, 0) is 16.4 Å². The van der Waals surface area contributed by atoms with Crippen molar-refractivity contribution in [2.75, 3.05) is 17.7 Å². The Morgan fingerprint density at radius 1 is 1.30 bits per heavy atom. The summed E-state index contributed by atoms with van der Waals surface area (Å²) in [6, 6.07) is 8.00. The van der Waals surface area contributed by atoms with Gasteiger partial charge in [-0.15, -0.1) is 0 Å². The molecule has 2 N–H and O–H groups in total. The molecule has 0 amide bonds. The number of para-hydroxylation sites is 1. The van der Waals surface area contributed by atoms with Crippen LogP contribution in [-0.4, -0.2) is 47.4 Å². The summed E-state index contributed by atoms with van der Waals surface area (Å²) in [7, 11) is -3.02. The predicted molar refractivity (Wildman–Crippen MR) is 91.7 cm³/mol. The van der Waals surface area contributed by atoms with Crippen LogP contribution in [0.25, 0.3) is 10.9 Å². The molecule has 0 bridgehead atoms. The van der Waals surface area contributed by atoms with Crippen molar-refractivity contribution in [2.24, 2.45) is 0 Å². The molecule has 1 fully saturated rings. The quantitative estimate of drug-likeness (QED) is 0.863. The normalized spacial score (nSPS) is 16.8. The summed E-state index contributed by atoms with van der Waals surface area (Å²) in [6.45, 7) is 2.47. The van der Waals surface area contributed by atoms with Crippen LogP contribution in [0, 0.1) is 0 Å². The molecule has 3 rings (SSSR count). The van der Waals surface area contributed by atoms with Gasteiger partial charge in [0, 0.05) is 23.7 Å². The summed E-state index contributed by atoms with van der Waals surface area (Å²) in [5, 5.41) is 0.846. The lowest BCUT2D eigenvalue weighted by atomic mass is 10.2. The molecule has 1 aliphatic carbocycles. The summed E-state index contributed by atoms with van der Waals surface area (Å²) < 4.78 is 23.2. The second kappa shape index (κ2) is 6.05. The fraction of sp³-hybridized carbons (Fsp3) is 0.500. The highest BCUT2D eigenvalue weighted by Crippen LogP contribution is 2.30. The number of nitrogen functional groups attached to an aromatic ring is 1. The molecule has 0 aliphatic heterocycles. The maximum atomic E-state index is 11.6. The number of benzene rings is 1. The average molecular weight is 334 g/mol. The number of nitrogens with two attached hydrogens (primary N) is 1. The number of anilines is 1. The summed E-state index contributed by atoms with van der Waals surface area (Å²) in [5.74, 6) is 1.26. The van der Waals surface area contributed by atoms with E-state index in [9.17, 15) is 8.42 Å². The predicted octanol–water partition coefficient (Wildman–Crippen LogP) is 1.61. The zero-order valence-electron chi connectivity index (χ0n) is 13.4. The maximum absolute atomic E-state index is 11.6. The molecule has 1 atom stereocenters. The van der Waals surface area contributed by atoms with Crippen LogP contribution >= 0.6 is 0 Å². The van der Waals surface area contributed by atoms with E-state index in [1.54, 1.807) is 0 Å². The van der Waals surface area contributed by atoms with Crippen LogP contribution in [0.3, 0.4) is 0 Å². The van der Waals surface area contributed by atoms with Crippen LogP contribution < -0.4 is 5.73 Å². The number of sulfone groups is 1. The van der Waals surface area contributed by atoms with Crippen molar-refractivity contribution in [1.29, 1.82) is 0 Å². The SMILES string of the molecule is C[C@H](CS(C)(=O)=O)N(Cc1nc(N)c2ccccc2n1)C1CC1. The molecule has 1 saturated carbocycles. The molecule has 1 aliphatic rings. The summed E-state index contributed by atoms with van der Waals surface area (Å²) >= 11 is 0. The molecule has 2 aromatic rings. The van der Waals surface area contributed by atoms with Crippen molar-refractivity contribution in [3.05, 3.63) is 30.1 Å². The number of rotatable bonds is 6. The molecular formula is C16H22N4O2S. The molecule has 23 heavy (non-hydrogen) atoms. The second-order valence-corrected chi connectivity index (χ2v) is 8.57. The molecule has 6 nitrogen and oxygen atoms in total. The largest absolute Gasteiger partial charge is 0.383 e. The molecule has 1 aromatic heterocycles. The van der Waals surface area contributed by atoms with Gasteiger partial charge >= 0.3 is 0 Å². The minimum absolute atomic E-state index is 0.0613. The number of aromatic nitrogens is 2. The lowest BCUT2D eigenvalue weighted by Crippen LogP contribution is -2.39. The van der Waals surface area contributed by atoms with E-state index in [2.05, 4.69) is 14.9 Å². The molecule has 0 spiro atoms. The van der Waals surface area contributed by atoms with Crippen molar-refractivity contribution in [3.63, 3.8) is 0 Å². The number of fused-ring (bicyclic) bond motifs is 1. The molecule has 1 aromatic carbocycles. The van der Waals surface area contributed by atoms with Crippen molar-refractivity contribution < 1.29 is 8.42 Å². The average Bonchev–Trinajstić information content (AvgIpc) is 3.27. The highest BCUT2D eigenvalue weighted by Gasteiger charge is 2.34. The molecular weight excluding hydrogens is 312 g/mol. The highest BCUT2D eigenvalue weighted by atomic mass is 32.2. The van der Waals surface area contributed by atoms with Gasteiger partial charge < -0.3 is 5.73 Å². The smallest absolute Gasteiger partial charge is 0.148 e. The summed E-state index contributed by atoms with van der Waals surface area (Å²) in [4.78, 5) is 11.2. The van der Waals surface area contributed by atoms with Crippen molar-refractivity contribution in [3.8, 4) is 0 Å². The first-order chi connectivity index (χ1) is 10.8. The minimum atomic E-state index is -3.02. The van der Waals surface area contributed by atoms with E-state index in [0.717, 1.165) is 23.7 Å². The zero-order chi connectivity index (χ0) is 16.6. The van der Waals surface area contributed by atoms with E-state index >= 15 is 0 Å². The zero-order valence-corrected chi connectivity index (χ0v) is 14.3. The van der Waals surface area contributed by atoms with E-state index in [0.29, 0.717) is 24.2 Å². The standard InChI is InChI=1S/C16H22N4O2S/c1-11(10-23(2,21)22)20(12-7-8-12)9-15-18-14-6-4-3-5-13(14)16(17)19-15/h3-6,11-12H,7-10H2,1-2H3,(H2,17,18,19)/t11-/m1/s1. The molecule has 0 unspecified atom stereocenters. The highest BCUT2D eigenvalue weighted by molar-refractivity contribution is 7.90. The van der Waals surface area contributed by atoms with E-state index in [4.69, 9.17) is 5.73 Å². The maximum Gasteiger partial charge on any atom is 0.148 e. The Morgan fingerprint density at radius 3 is 2.65 bits per heavy atom. The van der Waals surface area contributed by atoms with Gasteiger partial charge in [0.25, 0.3) is 0 Å². The monoisotopic (exact) mass is 334 g/mol. The van der Waals surface area contributed by atoms with Crippen LogP contribution in [0.1, 0.15) is 25.6 Å². The van der Waals surface area contributed by atoms with Gasteiger partial charge in [0.2, 0.25) is 0 Å². The van der Waals surface area contributed by atoms with Gasteiger partial charge in [-0.2, -0.15) is 0 Å². The van der Waals surface area contributed by atoms with Crippen molar-refractivity contribution in [1.82, 2.24) is 14.9 Å². The fourth-order valence-corrected chi connectivity index (χ4v) is 4.04. The Balaban J connectivity index is 1.86. The lowest BCUT2D eigenvalue weighted by Gasteiger charge is -2.28. The summed E-state index contributed by atoms with van der Waals surface area (Å²) in [6.07, 6.45) is 3.47. The Kier molecular flexibility index (Phi) is 4.25. The minimum Gasteiger partial charge on any atom is -0.383 e. The molecule has 124 valence electrons. The lowest BCUT2D eigenvalue weighted by molar-refractivity contribution is 0.199. The van der Waals surface area contributed by atoms with Gasteiger partial charge in [0.1, 0.15) is 21.5 Å². The molecule has 7 heteroatoms. The molecule has 0 radical (unpaired) electrons. The van der Waals surface area contributed by atoms with Crippen LogP contribution in [0.15, 0.2) is 24.3 Å². The van der Waals surface area contributed by atoms with E-state index in [1.165, 1.54) is 6.26 Å². The van der Waals surface area contributed by atoms with Crippen LogP contribution in [0.2, 0.25) is 0 Å². The first kappa shape index (κ1) is 16.1. The Bertz CT molecular complexity index is 818. The third-order valence-corrected chi connectivity index (χ3v) is 5.22.